The summed E-state index contributed by atoms with van der Waals surface area (Å²) in [6, 6.07) is 2.27. The maximum absolute atomic E-state index is 12.0. The van der Waals surface area contributed by atoms with Crippen LogP contribution in [-0.4, -0.2) is 24.4 Å². The molecule has 1 aromatic heterocycles. The molecule has 1 rings (SSSR count). The first-order chi connectivity index (χ1) is 9.15. The lowest BCUT2D eigenvalue weighted by Crippen LogP contribution is -2.43. The van der Waals surface area contributed by atoms with Gasteiger partial charge >= 0.3 is 10.1 Å². The molecule has 7 heteroatoms. The quantitative estimate of drug-likeness (QED) is 0.596. The van der Waals surface area contributed by atoms with Crippen LogP contribution in [-0.2, 0) is 10.1 Å². The summed E-state index contributed by atoms with van der Waals surface area (Å²) in [5.74, 6) is -0.636. The molecule has 0 bridgehead atoms. The highest BCUT2D eigenvalue weighted by atomic mass is 32.2. The summed E-state index contributed by atoms with van der Waals surface area (Å²) in [6.45, 7) is 5.89. The molecule has 20 heavy (non-hydrogen) atoms. The molecule has 0 saturated carbocycles. The highest BCUT2D eigenvalue weighted by molar-refractivity contribution is 7.85. The molecule has 1 aromatic rings. The van der Waals surface area contributed by atoms with Gasteiger partial charge in [0.2, 0.25) is 5.09 Å². The van der Waals surface area contributed by atoms with Gasteiger partial charge in [-0.1, -0.05) is 26.2 Å². The smallest absolute Gasteiger partial charge is 0.328 e. The van der Waals surface area contributed by atoms with E-state index in [0.717, 1.165) is 31.7 Å². The maximum Gasteiger partial charge on any atom is 0.328 e. The third-order valence-electron chi connectivity index (χ3n) is 2.92. The fraction of sp³-hybridized carbons (Fsp3) is 0.615. The number of hydrogen-bond acceptors (Lipinski definition) is 4. The molecule has 0 spiro atoms. The molecule has 1 heterocycles. The minimum atomic E-state index is -4.42. The van der Waals surface area contributed by atoms with Crippen molar-refractivity contribution in [2.24, 2.45) is 0 Å². The Morgan fingerprint density at radius 1 is 1.35 bits per heavy atom. The normalized spacial score (nSPS) is 12.4. The standard InChI is InChI=1S/C13H21NO5S/c1-4-5-6-9-13(2,3)14-12(15)10-7-8-11(19-10)20(16,17)18/h7-8H,4-6,9H2,1-3H3,(H,14,15)(H,16,17,18). The minimum absolute atomic E-state index is 0.138. The molecular weight excluding hydrogens is 282 g/mol. The molecular formula is C13H21NO5S. The molecule has 0 aliphatic carbocycles. The summed E-state index contributed by atoms with van der Waals surface area (Å²) in [4.78, 5) is 12.0. The van der Waals surface area contributed by atoms with Crippen molar-refractivity contribution in [2.45, 2.75) is 57.1 Å². The van der Waals surface area contributed by atoms with Gasteiger partial charge in [0.15, 0.2) is 5.76 Å². The molecule has 0 saturated heterocycles. The van der Waals surface area contributed by atoms with Gasteiger partial charge in [-0.25, -0.2) is 0 Å². The average molecular weight is 303 g/mol. The second kappa shape index (κ2) is 6.41. The van der Waals surface area contributed by atoms with Gasteiger partial charge in [0.25, 0.3) is 5.91 Å². The van der Waals surface area contributed by atoms with Gasteiger partial charge in [0, 0.05) is 5.54 Å². The Kier molecular flexibility index (Phi) is 5.35. The van der Waals surface area contributed by atoms with E-state index in [-0.39, 0.29) is 5.76 Å². The van der Waals surface area contributed by atoms with Gasteiger partial charge in [-0.2, -0.15) is 8.42 Å². The molecule has 0 atom stereocenters. The maximum atomic E-state index is 12.0. The van der Waals surface area contributed by atoms with Crippen LogP contribution in [0.2, 0.25) is 0 Å². The predicted octanol–water partition coefficient (Wildman–Crippen LogP) is 2.62. The fourth-order valence-corrected chi connectivity index (χ4v) is 2.26. The predicted molar refractivity (Wildman–Crippen MR) is 74.2 cm³/mol. The van der Waals surface area contributed by atoms with Crippen molar-refractivity contribution in [3.8, 4) is 0 Å². The molecule has 0 aliphatic rings. The fourth-order valence-electron chi connectivity index (χ4n) is 1.83. The van der Waals surface area contributed by atoms with E-state index in [1.54, 1.807) is 0 Å². The number of amides is 1. The third-order valence-corrected chi connectivity index (χ3v) is 3.64. The third kappa shape index (κ3) is 4.97. The first kappa shape index (κ1) is 16.7. The summed E-state index contributed by atoms with van der Waals surface area (Å²) in [6.07, 6.45) is 4.00. The largest absolute Gasteiger partial charge is 0.437 e. The molecule has 6 nitrogen and oxygen atoms in total. The van der Waals surface area contributed by atoms with Gasteiger partial charge in [0.05, 0.1) is 0 Å². The number of carbonyl (C=O) groups excluding carboxylic acids is 1. The number of unbranched alkanes of at least 4 members (excludes halogenated alkanes) is 2. The minimum Gasteiger partial charge on any atom is -0.437 e. The second-order valence-corrected chi connectivity index (χ2v) is 6.74. The van der Waals surface area contributed by atoms with Crippen molar-refractivity contribution in [3.05, 3.63) is 17.9 Å². The Labute approximate surface area is 119 Å². The molecule has 1 amide bonds. The lowest BCUT2D eigenvalue weighted by atomic mass is 9.96. The van der Waals surface area contributed by atoms with Gasteiger partial charge in [-0.05, 0) is 32.4 Å². The van der Waals surface area contributed by atoms with E-state index in [0.29, 0.717) is 0 Å². The Bertz CT molecular complexity index is 559. The molecule has 0 unspecified atom stereocenters. The van der Waals surface area contributed by atoms with Gasteiger partial charge in [-0.15, -0.1) is 0 Å². The van der Waals surface area contributed by atoms with E-state index in [4.69, 9.17) is 8.97 Å². The van der Waals surface area contributed by atoms with Crippen molar-refractivity contribution < 1.29 is 22.2 Å². The summed E-state index contributed by atoms with van der Waals surface area (Å²) >= 11 is 0. The van der Waals surface area contributed by atoms with Crippen LogP contribution >= 0.6 is 0 Å². The van der Waals surface area contributed by atoms with Crippen LogP contribution in [0.4, 0.5) is 0 Å². The first-order valence-electron chi connectivity index (χ1n) is 6.55. The number of furan rings is 1. The summed E-state index contributed by atoms with van der Waals surface area (Å²) in [5, 5.41) is 2.15. The first-order valence-corrected chi connectivity index (χ1v) is 7.99. The van der Waals surface area contributed by atoms with Crippen LogP contribution in [0.25, 0.3) is 0 Å². The zero-order valence-corrected chi connectivity index (χ0v) is 12.8. The van der Waals surface area contributed by atoms with Crippen LogP contribution in [0, 0.1) is 0 Å². The van der Waals surface area contributed by atoms with Crippen LogP contribution < -0.4 is 5.32 Å². The molecule has 2 N–H and O–H groups in total. The van der Waals surface area contributed by atoms with Gasteiger partial charge in [-0.3, -0.25) is 9.35 Å². The second-order valence-electron chi connectivity index (χ2n) is 5.39. The number of nitrogens with one attached hydrogen (secondary N) is 1. The zero-order chi connectivity index (χ0) is 15.4. The summed E-state index contributed by atoms with van der Waals surface area (Å²) < 4.78 is 35.4. The highest BCUT2D eigenvalue weighted by Gasteiger charge is 2.24. The van der Waals surface area contributed by atoms with E-state index in [2.05, 4.69) is 12.2 Å². The van der Waals surface area contributed by atoms with Crippen LogP contribution in [0.15, 0.2) is 21.6 Å². The van der Waals surface area contributed by atoms with Gasteiger partial charge < -0.3 is 9.73 Å². The molecule has 0 aromatic carbocycles. The van der Waals surface area contributed by atoms with Crippen LogP contribution in [0.5, 0.6) is 0 Å². The van der Waals surface area contributed by atoms with E-state index in [1.165, 1.54) is 6.07 Å². The molecule has 114 valence electrons. The monoisotopic (exact) mass is 303 g/mol. The number of hydrogen-bond donors (Lipinski definition) is 2. The topological polar surface area (TPSA) is 96.6 Å². The van der Waals surface area contributed by atoms with Crippen molar-refractivity contribution in [2.75, 3.05) is 0 Å². The van der Waals surface area contributed by atoms with E-state index < -0.39 is 26.7 Å². The summed E-state index contributed by atoms with van der Waals surface area (Å²) in [5.41, 5.74) is -0.405. The molecule has 0 radical (unpaired) electrons. The lowest BCUT2D eigenvalue weighted by molar-refractivity contribution is 0.0874. The molecule has 0 fully saturated rings. The highest BCUT2D eigenvalue weighted by Crippen LogP contribution is 2.17. The van der Waals surface area contributed by atoms with Crippen LogP contribution in [0.1, 0.15) is 57.0 Å². The lowest BCUT2D eigenvalue weighted by Gasteiger charge is -2.25. The van der Waals surface area contributed by atoms with Crippen molar-refractivity contribution >= 4 is 16.0 Å². The number of carbonyl (C=O) groups is 1. The average Bonchev–Trinajstić information content (AvgIpc) is 2.77. The van der Waals surface area contributed by atoms with E-state index >= 15 is 0 Å². The zero-order valence-electron chi connectivity index (χ0n) is 12.0. The SMILES string of the molecule is CCCCCC(C)(C)NC(=O)c1ccc(S(=O)(=O)O)o1. The molecule has 0 aliphatic heterocycles. The van der Waals surface area contributed by atoms with E-state index in [9.17, 15) is 13.2 Å². The summed E-state index contributed by atoms with van der Waals surface area (Å²) in [7, 11) is -4.42. The Morgan fingerprint density at radius 3 is 2.50 bits per heavy atom. The number of rotatable bonds is 7. The van der Waals surface area contributed by atoms with Crippen molar-refractivity contribution in [1.29, 1.82) is 0 Å². The van der Waals surface area contributed by atoms with Crippen molar-refractivity contribution in [3.63, 3.8) is 0 Å². The Balaban J connectivity index is 2.69. The van der Waals surface area contributed by atoms with Crippen LogP contribution in [0.3, 0.4) is 0 Å². The van der Waals surface area contributed by atoms with Crippen molar-refractivity contribution in [1.82, 2.24) is 5.32 Å². The Morgan fingerprint density at radius 2 is 2.00 bits per heavy atom. The van der Waals surface area contributed by atoms with Gasteiger partial charge in [0.1, 0.15) is 0 Å². The Hall–Kier alpha value is -1.34. The van der Waals surface area contributed by atoms with E-state index in [1.807, 2.05) is 13.8 Å².